The second-order valence-electron chi connectivity index (χ2n) is 4.98. The molecule has 3 rings (SSSR count). The molecule has 0 aliphatic carbocycles. The molecule has 2 N–H and O–H groups in total. The van der Waals surface area contributed by atoms with Crippen molar-refractivity contribution in [2.24, 2.45) is 0 Å². The van der Waals surface area contributed by atoms with Crippen LogP contribution in [0.25, 0.3) is 10.9 Å². The number of sulfone groups is 1. The van der Waals surface area contributed by atoms with E-state index in [2.05, 4.69) is 15.5 Å². The van der Waals surface area contributed by atoms with Gasteiger partial charge in [0.15, 0.2) is 9.84 Å². The van der Waals surface area contributed by atoms with Crippen LogP contribution in [0, 0.1) is 10.1 Å². The van der Waals surface area contributed by atoms with E-state index in [-0.39, 0.29) is 10.6 Å². The Morgan fingerprint density at radius 1 is 1.26 bits per heavy atom. The van der Waals surface area contributed by atoms with Crippen molar-refractivity contribution in [1.29, 1.82) is 0 Å². The van der Waals surface area contributed by atoms with Crippen LogP contribution in [0.4, 0.5) is 17.1 Å². The van der Waals surface area contributed by atoms with Crippen molar-refractivity contribution in [2.75, 3.05) is 11.6 Å². The van der Waals surface area contributed by atoms with Gasteiger partial charge in [-0.25, -0.2) is 8.42 Å². The highest BCUT2D eigenvalue weighted by molar-refractivity contribution is 7.90. The molecule has 0 aliphatic heterocycles. The fourth-order valence-electron chi connectivity index (χ4n) is 2.29. The van der Waals surface area contributed by atoms with Crippen molar-refractivity contribution >= 4 is 37.8 Å². The fourth-order valence-corrected chi connectivity index (χ4v) is 3.15. The van der Waals surface area contributed by atoms with Gasteiger partial charge in [0.25, 0.3) is 0 Å². The quantitative estimate of drug-likeness (QED) is 0.560. The van der Waals surface area contributed by atoms with Gasteiger partial charge in [-0.2, -0.15) is 5.10 Å². The maximum Gasteiger partial charge on any atom is 0.311 e. The zero-order chi connectivity index (χ0) is 16.6. The molecule has 118 valence electrons. The topological polar surface area (TPSA) is 118 Å². The Bertz CT molecular complexity index is 1010. The van der Waals surface area contributed by atoms with E-state index in [1.54, 1.807) is 24.4 Å². The van der Waals surface area contributed by atoms with Gasteiger partial charge in [-0.15, -0.1) is 0 Å². The molecule has 0 spiro atoms. The second-order valence-corrected chi connectivity index (χ2v) is 6.96. The van der Waals surface area contributed by atoms with E-state index in [4.69, 9.17) is 0 Å². The lowest BCUT2D eigenvalue weighted by atomic mass is 10.2. The molecule has 0 radical (unpaired) electrons. The number of hydrogen-bond donors (Lipinski definition) is 2. The molecule has 3 aromatic rings. The van der Waals surface area contributed by atoms with E-state index in [1.165, 1.54) is 18.2 Å². The number of aromatic nitrogens is 2. The number of fused-ring (bicyclic) bond motifs is 1. The lowest BCUT2D eigenvalue weighted by Gasteiger charge is -2.09. The van der Waals surface area contributed by atoms with Crippen LogP contribution in [0.5, 0.6) is 0 Å². The van der Waals surface area contributed by atoms with Crippen LogP contribution in [0.15, 0.2) is 47.5 Å². The van der Waals surface area contributed by atoms with Crippen LogP contribution in [0.3, 0.4) is 0 Å². The fraction of sp³-hybridized carbons (Fsp3) is 0.0714. The molecule has 1 heterocycles. The number of nitrogens with zero attached hydrogens (tertiary/aromatic N) is 2. The van der Waals surface area contributed by atoms with Crippen LogP contribution in [0.2, 0.25) is 0 Å². The summed E-state index contributed by atoms with van der Waals surface area (Å²) in [4.78, 5) is 10.3. The number of nitro benzene ring substituents is 1. The largest absolute Gasteiger partial charge is 0.350 e. The number of rotatable bonds is 4. The Labute approximate surface area is 131 Å². The van der Waals surface area contributed by atoms with Crippen LogP contribution < -0.4 is 5.32 Å². The summed E-state index contributed by atoms with van der Waals surface area (Å²) in [5.41, 5.74) is 1.06. The third kappa shape index (κ3) is 2.86. The monoisotopic (exact) mass is 332 g/mol. The van der Waals surface area contributed by atoms with Gasteiger partial charge in [0.1, 0.15) is 10.6 Å². The number of anilines is 2. The first-order valence-corrected chi connectivity index (χ1v) is 8.43. The Balaban J connectivity index is 2.10. The average molecular weight is 332 g/mol. The van der Waals surface area contributed by atoms with Gasteiger partial charge in [0, 0.05) is 17.3 Å². The van der Waals surface area contributed by atoms with E-state index in [9.17, 15) is 18.5 Å². The summed E-state index contributed by atoms with van der Waals surface area (Å²) in [5.74, 6) is 0. The lowest BCUT2D eigenvalue weighted by molar-refractivity contribution is -0.386. The van der Waals surface area contributed by atoms with E-state index in [1.807, 2.05) is 0 Å². The van der Waals surface area contributed by atoms with E-state index < -0.39 is 20.4 Å². The molecular formula is C14H12N4O4S. The van der Waals surface area contributed by atoms with Gasteiger partial charge in [0.2, 0.25) is 0 Å². The zero-order valence-corrected chi connectivity index (χ0v) is 12.8. The Hall–Kier alpha value is -2.94. The third-order valence-electron chi connectivity index (χ3n) is 3.30. The molecule has 0 fully saturated rings. The molecule has 0 amide bonds. The lowest BCUT2D eigenvalue weighted by Crippen LogP contribution is -2.05. The van der Waals surface area contributed by atoms with Gasteiger partial charge < -0.3 is 5.32 Å². The highest BCUT2D eigenvalue weighted by Gasteiger charge is 2.26. The molecule has 9 heteroatoms. The van der Waals surface area contributed by atoms with Crippen LogP contribution in [-0.4, -0.2) is 29.8 Å². The van der Waals surface area contributed by atoms with Crippen molar-refractivity contribution in [2.45, 2.75) is 4.90 Å². The first-order chi connectivity index (χ1) is 10.9. The highest BCUT2D eigenvalue weighted by Crippen LogP contribution is 2.34. The number of H-pyrrole nitrogens is 1. The molecule has 0 saturated carbocycles. The molecule has 0 aliphatic rings. The number of hydrogen-bond acceptors (Lipinski definition) is 6. The summed E-state index contributed by atoms with van der Waals surface area (Å²) in [5, 5.41) is 21.8. The molecule has 8 nitrogen and oxygen atoms in total. The van der Waals surface area contributed by atoms with Gasteiger partial charge >= 0.3 is 5.69 Å². The smallest absolute Gasteiger partial charge is 0.311 e. The molecular weight excluding hydrogens is 320 g/mol. The maximum absolute atomic E-state index is 11.8. The first kappa shape index (κ1) is 15.0. The summed E-state index contributed by atoms with van der Waals surface area (Å²) >= 11 is 0. The number of benzene rings is 2. The number of para-hydroxylation sites is 1. The van der Waals surface area contributed by atoms with E-state index >= 15 is 0 Å². The molecule has 0 bridgehead atoms. The molecule has 0 unspecified atom stereocenters. The van der Waals surface area contributed by atoms with E-state index in [0.717, 1.165) is 17.2 Å². The van der Waals surface area contributed by atoms with Crippen molar-refractivity contribution in [3.8, 4) is 0 Å². The summed E-state index contributed by atoms with van der Waals surface area (Å²) in [6.07, 6.45) is 2.57. The minimum atomic E-state index is -3.72. The van der Waals surface area contributed by atoms with Gasteiger partial charge in [-0.05, 0) is 30.3 Å². The van der Waals surface area contributed by atoms with Gasteiger partial charge in [0.05, 0.1) is 16.6 Å². The summed E-state index contributed by atoms with van der Waals surface area (Å²) in [7, 11) is -3.72. The molecule has 2 aromatic carbocycles. The van der Waals surface area contributed by atoms with Gasteiger partial charge in [-0.3, -0.25) is 15.2 Å². The van der Waals surface area contributed by atoms with Crippen LogP contribution in [0.1, 0.15) is 0 Å². The van der Waals surface area contributed by atoms with Crippen molar-refractivity contribution in [3.05, 3.63) is 52.7 Å². The maximum atomic E-state index is 11.8. The third-order valence-corrected chi connectivity index (χ3v) is 4.43. The molecule has 0 atom stereocenters. The SMILES string of the molecule is CS(=O)(=O)c1cccc(Nc2ccc3[nH]ncc3c2)c1[N+](=O)[O-]. The van der Waals surface area contributed by atoms with Crippen molar-refractivity contribution in [1.82, 2.24) is 10.2 Å². The minimum absolute atomic E-state index is 0.112. The predicted octanol–water partition coefficient (Wildman–Crippen LogP) is 2.62. The van der Waals surface area contributed by atoms with Crippen molar-refractivity contribution < 1.29 is 13.3 Å². The Morgan fingerprint density at radius 3 is 2.74 bits per heavy atom. The summed E-state index contributed by atoms with van der Waals surface area (Å²) in [6.45, 7) is 0. The van der Waals surface area contributed by atoms with Gasteiger partial charge in [-0.1, -0.05) is 6.07 Å². The summed E-state index contributed by atoms with van der Waals surface area (Å²) < 4.78 is 23.5. The number of aromatic amines is 1. The zero-order valence-electron chi connectivity index (χ0n) is 12.0. The molecule has 23 heavy (non-hydrogen) atoms. The Morgan fingerprint density at radius 2 is 2.04 bits per heavy atom. The normalized spacial score (nSPS) is 11.5. The standard InChI is InChI=1S/C14H12N4O4S/c1-23(21,22)13-4-2-3-12(14(13)18(19)20)16-10-5-6-11-9(7-10)8-15-17-11/h2-8,16H,1H3,(H,15,17). The van der Waals surface area contributed by atoms with E-state index in [0.29, 0.717) is 5.69 Å². The van der Waals surface area contributed by atoms with Crippen LogP contribution >= 0.6 is 0 Å². The predicted molar refractivity (Wildman–Crippen MR) is 85.6 cm³/mol. The minimum Gasteiger partial charge on any atom is -0.350 e. The molecule has 0 saturated heterocycles. The summed E-state index contributed by atoms with van der Waals surface area (Å²) in [6, 6.07) is 9.40. The highest BCUT2D eigenvalue weighted by atomic mass is 32.2. The second kappa shape index (κ2) is 5.36. The molecule has 1 aromatic heterocycles. The van der Waals surface area contributed by atoms with Crippen molar-refractivity contribution in [3.63, 3.8) is 0 Å². The number of nitrogens with one attached hydrogen (secondary N) is 2. The van der Waals surface area contributed by atoms with Crippen LogP contribution in [-0.2, 0) is 9.84 Å². The first-order valence-electron chi connectivity index (χ1n) is 6.54. The Kier molecular flexibility index (Phi) is 3.49. The number of nitro groups is 1. The average Bonchev–Trinajstić information content (AvgIpc) is 2.93.